The number of nitrogens with one attached hydrogen (secondary N) is 2. The highest BCUT2D eigenvalue weighted by atomic mass is 19.1. The Morgan fingerprint density at radius 2 is 1.68 bits per heavy atom. The van der Waals surface area contributed by atoms with Gasteiger partial charge in [0.1, 0.15) is 17.3 Å². The smallest absolute Gasteiger partial charge is 0.271 e. The number of halogens is 1. The Labute approximate surface area is 178 Å². The molecule has 7 nitrogen and oxygen atoms in total. The molecule has 2 amide bonds. The van der Waals surface area contributed by atoms with Crippen LogP contribution in [0.25, 0.3) is 0 Å². The van der Waals surface area contributed by atoms with E-state index in [2.05, 4.69) is 15.8 Å². The number of anilines is 1. The lowest BCUT2D eigenvalue weighted by Crippen LogP contribution is -2.18. The molecule has 0 aliphatic rings. The van der Waals surface area contributed by atoms with Gasteiger partial charge < -0.3 is 14.8 Å². The van der Waals surface area contributed by atoms with E-state index in [0.717, 1.165) is 0 Å². The van der Waals surface area contributed by atoms with Crippen molar-refractivity contribution in [1.29, 1.82) is 0 Å². The van der Waals surface area contributed by atoms with E-state index in [1.165, 1.54) is 43.7 Å². The number of rotatable bonds is 7. The summed E-state index contributed by atoms with van der Waals surface area (Å²) in [6, 6.07) is 16.7. The van der Waals surface area contributed by atoms with Crippen molar-refractivity contribution in [1.82, 2.24) is 5.43 Å². The minimum atomic E-state index is -0.457. The fourth-order valence-electron chi connectivity index (χ4n) is 2.69. The number of hydrogen-bond acceptors (Lipinski definition) is 5. The lowest BCUT2D eigenvalue weighted by Gasteiger charge is -2.08. The van der Waals surface area contributed by atoms with Crippen molar-refractivity contribution in [2.24, 2.45) is 5.10 Å². The topological polar surface area (TPSA) is 89.0 Å². The molecule has 0 heterocycles. The molecule has 3 rings (SSSR count). The predicted octanol–water partition coefficient (Wildman–Crippen LogP) is 3.86. The molecule has 0 atom stereocenters. The lowest BCUT2D eigenvalue weighted by atomic mass is 10.1. The molecule has 0 fully saturated rings. The molecule has 0 saturated heterocycles. The predicted molar refractivity (Wildman–Crippen MR) is 115 cm³/mol. The van der Waals surface area contributed by atoms with Gasteiger partial charge in [-0.25, -0.2) is 9.82 Å². The van der Waals surface area contributed by atoms with E-state index in [-0.39, 0.29) is 0 Å². The molecule has 8 heteroatoms. The van der Waals surface area contributed by atoms with Crippen LogP contribution in [-0.2, 0) is 0 Å². The largest absolute Gasteiger partial charge is 0.497 e. The van der Waals surface area contributed by atoms with Gasteiger partial charge in [0.15, 0.2) is 0 Å². The standard InChI is InChI=1S/C23H20FN3O4/c1-30-20-11-8-17(21(13-20)31-2)14-25-27-23(29)16-4-3-5-19(12-16)26-22(28)15-6-9-18(24)10-7-15/h3-14H,1-2H3,(H,26,28)(H,27,29)/b25-14+. The monoisotopic (exact) mass is 421 g/mol. The Balaban J connectivity index is 1.65. The molecule has 3 aromatic rings. The summed E-state index contributed by atoms with van der Waals surface area (Å²) < 4.78 is 23.4. The van der Waals surface area contributed by atoms with Gasteiger partial charge in [-0.3, -0.25) is 9.59 Å². The fraction of sp³-hybridized carbons (Fsp3) is 0.0870. The maximum absolute atomic E-state index is 13.0. The van der Waals surface area contributed by atoms with Gasteiger partial charge in [0, 0.05) is 28.4 Å². The number of hydrazone groups is 1. The van der Waals surface area contributed by atoms with E-state index in [9.17, 15) is 14.0 Å². The minimum Gasteiger partial charge on any atom is -0.497 e. The number of benzene rings is 3. The van der Waals surface area contributed by atoms with Crippen molar-refractivity contribution in [3.05, 3.63) is 89.2 Å². The van der Waals surface area contributed by atoms with Gasteiger partial charge in [-0.1, -0.05) is 6.07 Å². The van der Waals surface area contributed by atoms with Crippen LogP contribution in [0.4, 0.5) is 10.1 Å². The van der Waals surface area contributed by atoms with Crippen molar-refractivity contribution >= 4 is 23.7 Å². The molecule has 31 heavy (non-hydrogen) atoms. The van der Waals surface area contributed by atoms with Gasteiger partial charge in [-0.2, -0.15) is 5.10 Å². The van der Waals surface area contributed by atoms with Crippen LogP contribution in [-0.4, -0.2) is 32.2 Å². The number of nitrogens with zero attached hydrogens (tertiary/aromatic N) is 1. The van der Waals surface area contributed by atoms with Crippen LogP contribution in [0.2, 0.25) is 0 Å². The SMILES string of the molecule is COc1ccc(/C=N/NC(=O)c2cccc(NC(=O)c3ccc(F)cc3)c2)c(OC)c1. The highest BCUT2D eigenvalue weighted by Gasteiger charge is 2.09. The van der Waals surface area contributed by atoms with E-state index in [1.807, 2.05) is 0 Å². The maximum atomic E-state index is 13.0. The molecule has 0 aliphatic heterocycles. The molecule has 158 valence electrons. The zero-order valence-electron chi connectivity index (χ0n) is 16.9. The van der Waals surface area contributed by atoms with Crippen molar-refractivity contribution in [3.63, 3.8) is 0 Å². The molecule has 0 aromatic heterocycles. The van der Waals surface area contributed by atoms with Gasteiger partial charge in [0.05, 0.1) is 20.4 Å². The fourth-order valence-corrected chi connectivity index (χ4v) is 2.69. The lowest BCUT2D eigenvalue weighted by molar-refractivity contribution is 0.0953. The minimum absolute atomic E-state index is 0.300. The van der Waals surface area contributed by atoms with Crippen LogP contribution >= 0.6 is 0 Å². The Bertz CT molecular complexity index is 1110. The third kappa shape index (κ3) is 5.66. The average molecular weight is 421 g/mol. The molecule has 0 radical (unpaired) electrons. The van der Waals surface area contributed by atoms with Crippen LogP contribution < -0.4 is 20.2 Å². The first-order valence-corrected chi connectivity index (χ1v) is 9.22. The van der Waals surface area contributed by atoms with Crippen molar-refractivity contribution < 1.29 is 23.5 Å². The van der Waals surface area contributed by atoms with Crippen molar-refractivity contribution in [2.45, 2.75) is 0 Å². The summed E-state index contributed by atoms with van der Waals surface area (Å²) >= 11 is 0. The molecule has 0 saturated carbocycles. The highest BCUT2D eigenvalue weighted by molar-refractivity contribution is 6.05. The van der Waals surface area contributed by atoms with Gasteiger partial charge in [-0.05, 0) is 54.6 Å². The molecule has 0 spiro atoms. The number of methoxy groups -OCH3 is 2. The molecule has 0 aliphatic carbocycles. The normalized spacial score (nSPS) is 10.5. The second-order valence-electron chi connectivity index (χ2n) is 6.35. The summed E-state index contributed by atoms with van der Waals surface area (Å²) in [5.41, 5.74) is 4.11. The second-order valence-corrected chi connectivity index (χ2v) is 6.35. The molecule has 0 unspecified atom stereocenters. The maximum Gasteiger partial charge on any atom is 0.271 e. The Kier molecular flexibility index (Phi) is 6.95. The number of carbonyl (C=O) groups is 2. The summed E-state index contributed by atoms with van der Waals surface area (Å²) in [5.74, 6) is -0.118. The molecule has 2 N–H and O–H groups in total. The van der Waals surface area contributed by atoms with E-state index < -0.39 is 17.6 Å². The summed E-state index contributed by atoms with van der Waals surface area (Å²) in [5, 5.41) is 6.63. The van der Waals surface area contributed by atoms with Crippen LogP contribution in [0, 0.1) is 5.82 Å². The number of amides is 2. The van der Waals surface area contributed by atoms with Gasteiger partial charge in [-0.15, -0.1) is 0 Å². The molecule has 3 aromatic carbocycles. The number of hydrogen-bond donors (Lipinski definition) is 2. The Hall–Kier alpha value is -4.20. The zero-order valence-corrected chi connectivity index (χ0v) is 16.9. The van der Waals surface area contributed by atoms with Crippen LogP contribution in [0.3, 0.4) is 0 Å². The summed E-state index contributed by atoms with van der Waals surface area (Å²) in [7, 11) is 3.08. The van der Waals surface area contributed by atoms with Crippen LogP contribution in [0.1, 0.15) is 26.3 Å². The van der Waals surface area contributed by atoms with Gasteiger partial charge in [0.25, 0.3) is 11.8 Å². The summed E-state index contributed by atoms with van der Waals surface area (Å²) in [6.07, 6.45) is 1.45. The number of carbonyl (C=O) groups excluding carboxylic acids is 2. The van der Waals surface area contributed by atoms with Gasteiger partial charge in [0.2, 0.25) is 0 Å². The third-order valence-electron chi connectivity index (χ3n) is 4.30. The Morgan fingerprint density at radius 1 is 0.903 bits per heavy atom. The first kappa shape index (κ1) is 21.5. The van der Waals surface area contributed by atoms with E-state index in [4.69, 9.17) is 9.47 Å². The average Bonchev–Trinajstić information content (AvgIpc) is 2.79. The van der Waals surface area contributed by atoms with E-state index >= 15 is 0 Å². The highest BCUT2D eigenvalue weighted by Crippen LogP contribution is 2.23. The Morgan fingerprint density at radius 3 is 2.39 bits per heavy atom. The van der Waals surface area contributed by atoms with Crippen molar-refractivity contribution in [2.75, 3.05) is 19.5 Å². The van der Waals surface area contributed by atoms with E-state index in [1.54, 1.807) is 43.5 Å². The molecule has 0 bridgehead atoms. The molecular formula is C23H20FN3O4. The van der Waals surface area contributed by atoms with Crippen molar-refractivity contribution in [3.8, 4) is 11.5 Å². The quantitative estimate of drug-likeness (QED) is 0.448. The summed E-state index contributed by atoms with van der Waals surface area (Å²) in [4.78, 5) is 24.7. The van der Waals surface area contributed by atoms with Gasteiger partial charge >= 0.3 is 0 Å². The summed E-state index contributed by atoms with van der Waals surface area (Å²) in [6.45, 7) is 0. The first-order valence-electron chi connectivity index (χ1n) is 9.22. The zero-order chi connectivity index (χ0) is 22.2. The number of ether oxygens (including phenoxy) is 2. The first-order chi connectivity index (χ1) is 15.0. The van der Waals surface area contributed by atoms with E-state index in [0.29, 0.717) is 33.9 Å². The van der Waals surface area contributed by atoms with Crippen LogP contribution in [0.5, 0.6) is 11.5 Å². The molecular weight excluding hydrogens is 401 g/mol. The van der Waals surface area contributed by atoms with Crippen LogP contribution in [0.15, 0.2) is 71.8 Å². The third-order valence-corrected chi connectivity index (χ3v) is 4.30. The second kappa shape index (κ2) is 10.0.